The summed E-state index contributed by atoms with van der Waals surface area (Å²) in [4.78, 5) is 4.26. The van der Waals surface area contributed by atoms with Gasteiger partial charge in [-0.3, -0.25) is 4.98 Å². The monoisotopic (exact) mass is 286 g/mol. The number of nitrogens with zero attached hydrogens (tertiary/aromatic N) is 1. The molecule has 1 N–H and O–H groups in total. The number of hydrogen-bond acceptors (Lipinski definition) is 4. The second kappa shape index (κ2) is 6.97. The van der Waals surface area contributed by atoms with Crippen molar-refractivity contribution in [3.63, 3.8) is 0 Å². The zero-order valence-electron chi connectivity index (χ0n) is 13.0. The Kier molecular flexibility index (Phi) is 5.04. The van der Waals surface area contributed by atoms with Crippen molar-refractivity contribution >= 4 is 5.69 Å². The fourth-order valence-electron chi connectivity index (χ4n) is 2.04. The topological polar surface area (TPSA) is 43.4 Å². The highest BCUT2D eigenvalue weighted by atomic mass is 16.5. The SMILES string of the molecule is COc1cc(CNc2cccnc2C)ccc1OC(C)C. The van der Waals surface area contributed by atoms with Crippen LogP contribution in [0.25, 0.3) is 0 Å². The number of benzene rings is 1. The van der Waals surface area contributed by atoms with Crippen LogP contribution in [0.15, 0.2) is 36.5 Å². The molecule has 1 aromatic carbocycles. The molecule has 2 rings (SSSR count). The molecule has 0 atom stereocenters. The van der Waals surface area contributed by atoms with Gasteiger partial charge >= 0.3 is 0 Å². The molecule has 1 aromatic heterocycles. The maximum atomic E-state index is 5.72. The molecule has 2 aromatic rings. The van der Waals surface area contributed by atoms with Gasteiger partial charge < -0.3 is 14.8 Å². The molecule has 21 heavy (non-hydrogen) atoms. The van der Waals surface area contributed by atoms with Crippen molar-refractivity contribution in [2.45, 2.75) is 33.4 Å². The minimum absolute atomic E-state index is 0.126. The number of anilines is 1. The smallest absolute Gasteiger partial charge is 0.161 e. The Hall–Kier alpha value is -2.23. The number of pyridine rings is 1. The molecule has 4 heteroatoms. The molecule has 112 valence electrons. The van der Waals surface area contributed by atoms with E-state index in [4.69, 9.17) is 9.47 Å². The van der Waals surface area contributed by atoms with Gasteiger partial charge in [0.1, 0.15) is 0 Å². The number of aromatic nitrogens is 1. The normalized spacial score (nSPS) is 10.5. The van der Waals surface area contributed by atoms with Crippen LogP contribution in [-0.4, -0.2) is 18.2 Å². The largest absolute Gasteiger partial charge is 0.493 e. The van der Waals surface area contributed by atoms with E-state index in [9.17, 15) is 0 Å². The van der Waals surface area contributed by atoms with E-state index < -0.39 is 0 Å². The molecular formula is C17H22N2O2. The van der Waals surface area contributed by atoms with Gasteiger partial charge in [-0.25, -0.2) is 0 Å². The molecule has 0 aliphatic heterocycles. The molecule has 0 radical (unpaired) electrons. The van der Waals surface area contributed by atoms with E-state index in [-0.39, 0.29) is 6.10 Å². The Morgan fingerprint density at radius 3 is 2.67 bits per heavy atom. The number of nitrogens with one attached hydrogen (secondary N) is 1. The first-order chi connectivity index (χ1) is 10.1. The van der Waals surface area contributed by atoms with Crippen molar-refractivity contribution in [2.75, 3.05) is 12.4 Å². The van der Waals surface area contributed by atoms with Gasteiger partial charge in [-0.15, -0.1) is 0 Å². The van der Waals surface area contributed by atoms with Gasteiger partial charge in [0, 0.05) is 12.7 Å². The zero-order valence-corrected chi connectivity index (χ0v) is 13.0. The van der Waals surface area contributed by atoms with Crippen molar-refractivity contribution in [1.29, 1.82) is 0 Å². The Morgan fingerprint density at radius 2 is 2.00 bits per heavy atom. The minimum Gasteiger partial charge on any atom is -0.493 e. The van der Waals surface area contributed by atoms with E-state index in [1.54, 1.807) is 13.3 Å². The lowest BCUT2D eigenvalue weighted by atomic mass is 10.2. The molecule has 0 unspecified atom stereocenters. The van der Waals surface area contributed by atoms with Crippen LogP contribution in [-0.2, 0) is 6.54 Å². The highest BCUT2D eigenvalue weighted by molar-refractivity contribution is 5.48. The average molecular weight is 286 g/mol. The van der Waals surface area contributed by atoms with E-state index >= 15 is 0 Å². The Balaban J connectivity index is 2.09. The second-order valence-corrected chi connectivity index (χ2v) is 5.14. The van der Waals surface area contributed by atoms with Crippen LogP contribution in [0.2, 0.25) is 0 Å². The van der Waals surface area contributed by atoms with Crippen LogP contribution in [0.5, 0.6) is 11.5 Å². The first-order valence-corrected chi connectivity index (χ1v) is 7.09. The quantitative estimate of drug-likeness (QED) is 0.877. The summed E-state index contributed by atoms with van der Waals surface area (Å²) in [6.07, 6.45) is 1.92. The van der Waals surface area contributed by atoms with Gasteiger partial charge in [0.2, 0.25) is 0 Å². The van der Waals surface area contributed by atoms with Gasteiger partial charge in [-0.1, -0.05) is 6.07 Å². The van der Waals surface area contributed by atoms with E-state index in [0.717, 1.165) is 28.4 Å². The number of methoxy groups -OCH3 is 1. The molecule has 0 aliphatic carbocycles. The maximum absolute atomic E-state index is 5.72. The van der Waals surface area contributed by atoms with Crippen LogP contribution in [0.3, 0.4) is 0 Å². The third kappa shape index (κ3) is 4.12. The van der Waals surface area contributed by atoms with E-state index in [2.05, 4.69) is 10.3 Å². The molecule has 0 bridgehead atoms. The van der Waals surface area contributed by atoms with E-state index in [0.29, 0.717) is 6.54 Å². The summed E-state index contributed by atoms with van der Waals surface area (Å²) in [6.45, 7) is 6.70. The summed E-state index contributed by atoms with van der Waals surface area (Å²) in [5.41, 5.74) is 3.16. The zero-order chi connectivity index (χ0) is 15.2. The number of aryl methyl sites for hydroxylation is 1. The van der Waals surface area contributed by atoms with Gasteiger partial charge in [-0.2, -0.15) is 0 Å². The van der Waals surface area contributed by atoms with Crippen molar-refractivity contribution in [2.24, 2.45) is 0 Å². The molecule has 1 heterocycles. The van der Waals surface area contributed by atoms with Crippen LogP contribution in [0.4, 0.5) is 5.69 Å². The Morgan fingerprint density at radius 1 is 1.19 bits per heavy atom. The lowest BCUT2D eigenvalue weighted by Gasteiger charge is -2.15. The van der Waals surface area contributed by atoms with Crippen molar-refractivity contribution < 1.29 is 9.47 Å². The highest BCUT2D eigenvalue weighted by Crippen LogP contribution is 2.29. The summed E-state index contributed by atoms with van der Waals surface area (Å²) < 4.78 is 11.1. The first kappa shape index (κ1) is 15.2. The summed E-state index contributed by atoms with van der Waals surface area (Å²) in [5, 5.41) is 3.38. The standard InChI is InChI=1S/C17H22N2O2/c1-12(2)21-16-8-7-14(10-17(16)20-4)11-19-15-6-5-9-18-13(15)3/h5-10,12,19H,11H2,1-4H3. The van der Waals surface area contributed by atoms with Crippen LogP contribution < -0.4 is 14.8 Å². The molecule has 0 fully saturated rings. The predicted molar refractivity (Wildman–Crippen MR) is 85.1 cm³/mol. The number of hydrogen-bond donors (Lipinski definition) is 1. The fraction of sp³-hybridized carbons (Fsp3) is 0.353. The maximum Gasteiger partial charge on any atom is 0.161 e. The highest BCUT2D eigenvalue weighted by Gasteiger charge is 2.07. The summed E-state index contributed by atoms with van der Waals surface area (Å²) >= 11 is 0. The average Bonchev–Trinajstić information content (AvgIpc) is 2.47. The van der Waals surface area contributed by atoms with Crippen LogP contribution in [0, 0.1) is 6.92 Å². The minimum atomic E-state index is 0.126. The third-order valence-corrected chi connectivity index (χ3v) is 3.08. The Bertz CT molecular complexity index is 597. The lowest BCUT2D eigenvalue weighted by Crippen LogP contribution is -2.07. The number of rotatable bonds is 6. The molecule has 0 aliphatic rings. The second-order valence-electron chi connectivity index (χ2n) is 5.14. The summed E-state index contributed by atoms with van der Waals surface area (Å²) in [6, 6.07) is 9.94. The first-order valence-electron chi connectivity index (χ1n) is 7.09. The van der Waals surface area contributed by atoms with Crippen LogP contribution in [0.1, 0.15) is 25.1 Å². The van der Waals surface area contributed by atoms with Crippen molar-refractivity contribution in [1.82, 2.24) is 4.98 Å². The van der Waals surface area contributed by atoms with Gasteiger partial charge in [0.25, 0.3) is 0 Å². The molecule has 0 saturated heterocycles. The predicted octanol–water partition coefficient (Wildman–Crippen LogP) is 3.80. The van der Waals surface area contributed by atoms with E-state index in [1.165, 1.54) is 0 Å². The number of ether oxygens (including phenoxy) is 2. The molecule has 4 nitrogen and oxygen atoms in total. The van der Waals surface area contributed by atoms with Gasteiger partial charge in [0.05, 0.1) is 24.6 Å². The summed E-state index contributed by atoms with van der Waals surface area (Å²) in [7, 11) is 1.66. The fourth-order valence-corrected chi connectivity index (χ4v) is 2.04. The van der Waals surface area contributed by atoms with Crippen LogP contribution >= 0.6 is 0 Å². The molecule has 0 amide bonds. The van der Waals surface area contributed by atoms with E-state index in [1.807, 2.05) is 51.1 Å². The summed E-state index contributed by atoms with van der Waals surface area (Å²) in [5.74, 6) is 1.53. The van der Waals surface area contributed by atoms with Crippen molar-refractivity contribution in [3.05, 3.63) is 47.8 Å². The molecular weight excluding hydrogens is 264 g/mol. The van der Waals surface area contributed by atoms with Gasteiger partial charge in [0.15, 0.2) is 11.5 Å². The third-order valence-electron chi connectivity index (χ3n) is 3.08. The molecule has 0 saturated carbocycles. The lowest BCUT2D eigenvalue weighted by molar-refractivity contribution is 0.230. The molecule has 0 spiro atoms. The Labute approximate surface area is 126 Å². The van der Waals surface area contributed by atoms with Crippen molar-refractivity contribution in [3.8, 4) is 11.5 Å². The van der Waals surface area contributed by atoms with Gasteiger partial charge in [-0.05, 0) is 50.6 Å².